The predicted octanol–water partition coefficient (Wildman–Crippen LogP) is 1.62. The second-order valence-corrected chi connectivity index (χ2v) is 5.38. The zero-order valence-electron chi connectivity index (χ0n) is 13.4. The molecule has 24 heavy (non-hydrogen) atoms. The molecule has 0 saturated heterocycles. The Morgan fingerprint density at radius 3 is 2.46 bits per heavy atom. The summed E-state index contributed by atoms with van der Waals surface area (Å²) in [5.74, 6) is -0.148. The van der Waals surface area contributed by atoms with Crippen LogP contribution in [-0.4, -0.2) is 30.0 Å². The summed E-state index contributed by atoms with van der Waals surface area (Å²) in [6.07, 6.45) is -0.955. The van der Waals surface area contributed by atoms with Crippen LogP contribution in [0.15, 0.2) is 34.7 Å². The SMILES string of the molecule is Cc1cc(C(=O)NCC(=O)NCC(O)c2ccc(F)cc2)c(C)o1. The van der Waals surface area contributed by atoms with Crippen LogP contribution in [0.1, 0.15) is 33.5 Å². The van der Waals surface area contributed by atoms with E-state index in [2.05, 4.69) is 10.6 Å². The van der Waals surface area contributed by atoms with Gasteiger partial charge in [-0.25, -0.2) is 4.39 Å². The molecule has 2 rings (SSSR count). The van der Waals surface area contributed by atoms with E-state index < -0.39 is 23.7 Å². The van der Waals surface area contributed by atoms with Gasteiger partial charge in [0.15, 0.2) is 0 Å². The summed E-state index contributed by atoms with van der Waals surface area (Å²) in [6.45, 7) is 3.14. The van der Waals surface area contributed by atoms with E-state index in [0.29, 0.717) is 22.6 Å². The highest BCUT2D eigenvalue weighted by Crippen LogP contribution is 2.13. The average molecular weight is 334 g/mol. The minimum absolute atomic E-state index is 0.0375. The predicted molar refractivity (Wildman–Crippen MR) is 84.9 cm³/mol. The first-order valence-corrected chi connectivity index (χ1v) is 7.42. The number of halogens is 1. The number of rotatable bonds is 6. The van der Waals surface area contributed by atoms with Crippen LogP contribution in [0.3, 0.4) is 0 Å². The minimum atomic E-state index is -0.955. The van der Waals surface area contributed by atoms with E-state index in [9.17, 15) is 19.1 Å². The third-order valence-electron chi connectivity index (χ3n) is 3.44. The quantitative estimate of drug-likeness (QED) is 0.748. The molecule has 1 aromatic carbocycles. The van der Waals surface area contributed by atoms with Crippen molar-refractivity contribution in [3.8, 4) is 0 Å². The van der Waals surface area contributed by atoms with Crippen LogP contribution in [0.25, 0.3) is 0 Å². The van der Waals surface area contributed by atoms with Crippen LogP contribution in [0.2, 0.25) is 0 Å². The highest BCUT2D eigenvalue weighted by molar-refractivity contribution is 5.97. The van der Waals surface area contributed by atoms with Gasteiger partial charge in [-0.2, -0.15) is 0 Å². The molecule has 6 nitrogen and oxygen atoms in total. The molecule has 2 amide bonds. The maximum Gasteiger partial charge on any atom is 0.255 e. The topological polar surface area (TPSA) is 91.6 Å². The van der Waals surface area contributed by atoms with Gasteiger partial charge < -0.3 is 20.2 Å². The van der Waals surface area contributed by atoms with Crippen molar-refractivity contribution in [3.05, 3.63) is 58.8 Å². The molecule has 7 heteroatoms. The molecule has 1 heterocycles. The van der Waals surface area contributed by atoms with Gasteiger partial charge in [-0.15, -0.1) is 0 Å². The molecule has 3 N–H and O–H groups in total. The smallest absolute Gasteiger partial charge is 0.255 e. The molecule has 0 fully saturated rings. The molecular weight excluding hydrogens is 315 g/mol. The largest absolute Gasteiger partial charge is 0.466 e. The molecule has 0 spiro atoms. The van der Waals surface area contributed by atoms with Gasteiger partial charge in [0.1, 0.15) is 17.3 Å². The van der Waals surface area contributed by atoms with Gasteiger partial charge in [0, 0.05) is 6.54 Å². The molecule has 0 aliphatic carbocycles. The lowest BCUT2D eigenvalue weighted by atomic mass is 10.1. The Labute approximate surface area is 138 Å². The molecule has 1 atom stereocenters. The van der Waals surface area contributed by atoms with E-state index in [0.717, 1.165) is 0 Å². The lowest BCUT2D eigenvalue weighted by Gasteiger charge is -2.12. The number of benzene rings is 1. The van der Waals surface area contributed by atoms with Gasteiger partial charge in [-0.3, -0.25) is 9.59 Å². The summed E-state index contributed by atoms with van der Waals surface area (Å²) in [5.41, 5.74) is 0.872. The second-order valence-electron chi connectivity index (χ2n) is 5.38. The van der Waals surface area contributed by atoms with Gasteiger partial charge in [-0.05, 0) is 37.6 Å². The second kappa shape index (κ2) is 7.74. The molecule has 128 valence electrons. The highest BCUT2D eigenvalue weighted by Gasteiger charge is 2.15. The van der Waals surface area contributed by atoms with Crippen molar-refractivity contribution in [3.63, 3.8) is 0 Å². The maximum atomic E-state index is 12.8. The molecule has 1 aromatic heterocycles. The fourth-order valence-corrected chi connectivity index (χ4v) is 2.19. The number of nitrogens with one attached hydrogen (secondary N) is 2. The Morgan fingerprint density at radius 1 is 1.21 bits per heavy atom. The molecule has 1 unspecified atom stereocenters. The van der Waals surface area contributed by atoms with Crippen LogP contribution < -0.4 is 10.6 Å². The van der Waals surface area contributed by atoms with E-state index in [-0.39, 0.29) is 13.1 Å². The fraction of sp³-hybridized carbons (Fsp3) is 0.294. The summed E-state index contributed by atoms with van der Waals surface area (Å²) < 4.78 is 18.1. The van der Waals surface area contributed by atoms with E-state index in [1.165, 1.54) is 24.3 Å². The fourth-order valence-electron chi connectivity index (χ4n) is 2.19. The van der Waals surface area contributed by atoms with Crippen molar-refractivity contribution in [2.75, 3.05) is 13.1 Å². The summed E-state index contributed by atoms with van der Waals surface area (Å²) in [7, 11) is 0. The first-order valence-electron chi connectivity index (χ1n) is 7.42. The molecular formula is C17H19FN2O4. The van der Waals surface area contributed by atoms with E-state index in [4.69, 9.17) is 4.42 Å². The van der Waals surface area contributed by atoms with Crippen molar-refractivity contribution in [1.29, 1.82) is 0 Å². The molecule has 0 saturated carbocycles. The van der Waals surface area contributed by atoms with Crippen LogP contribution in [0.4, 0.5) is 4.39 Å². The van der Waals surface area contributed by atoms with E-state index >= 15 is 0 Å². The van der Waals surface area contributed by atoms with E-state index in [1.54, 1.807) is 19.9 Å². The Bertz CT molecular complexity index is 725. The van der Waals surface area contributed by atoms with Crippen molar-refractivity contribution in [1.82, 2.24) is 10.6 Å². The number of carbonyl (C=O) groups excluding carboxylic acids is 2. The average Bonchev–Trinajstić information content (AvgIpc) is 2.89. The number of aliphatic hydroxyl groups is 1. The van der Waals surface area contributed by atoms with Gasteiger partial charge in [0.25, 0.3) is 5.91 Å². The summed E-state index contributed by atoms with van der Waals surface area (Å²) >= 11 is 0. The van der Waals surface area contributed by atoms with Crippen LogP contribution in [0.5, 0.6) is 0 Å². The highest BCUT2D eigenvalue weighted by atomic mass is 19.1. The Morgan fingerprint density at radius 2 is 1.88 bits per heavy atom. The lowest BCUT2D eigenvalue weighted by Crippen LogP contribution is -2.38. The van der Waals surface area contributed by atoms with Crippen molar-refractivity contribution >= 4 is 11.8 Å². The Balaban J connectivity index is 1.78. The van der Waals surface area contributed by atoms with Crippen molar-refractivity contribution in [2.24, 2.45) is 0 Å². The summed E-state index contributed by atoms with van der Waals surface area (Å²) in [4.78, 5) is 23.7. The molecule has 0 radical (unpaired) electrons. The minimum Gasteiger partial charge on any atom is -0.466 e. The molecule has 0 aliphatic rings. The number of aryl methyl sites for hydroxylation is 2. The lowest BCUT2D eigenvalue weighted by molar-refractivity contribution is -0.120. The number of aliphatic hydroxyl groups excluding tert-OH is 1. The van der Waals surface area contributed by atoms with Gasteiger partial charge in [0.05, 0.1) is 18.2 Å². The monoisotopic (exact) mass is 334 g/mol. The molecule has 0 bridgehead atoms. The van der Waals surface area contributed by atoms with Gasteiger partial charge in [-0.1, -0.05) is 12.1 Å². The molecule has 0 aliphatic heterocycles. The van der Waals surface area contributed by atoms with Crippen molar-refractivity contribution < 1.29 is 23.5 Å². The first kappa shape index (κ1) is 17.7. The van der Waals surface area contributed by atoms with Gasteiger partial charge >= 0.3 is 0 Å². The van der Waals surface area contributed by atoms with Crippen LogP contribution in [0, 0.1) is 19.7 Å². The number of hydrogen-bond acceptors (Lipinski definition) is 4. The number of amides is 2. The van der Waals surface area contributed by atoms with E-state index in [1.807, 2.05) is 0 Å². The maximum absolute atomic E-state index is 12.8. The van der Waals surface area contributed by atoms with Crippen LogP contribution >= 0.6 is 0 Å². The summed E-state index contributed by atoms with van der Waals surface area (Å²) in [6, 6.07) is 6.95. The normalized spacial score (nSPS) is 11.8. The first-order chi connectivity index (χ1) is 11.4. The third-order valence-corrected chi connectivity index (χ3v) is 3.44. The number of carbonyl (C=O) groups is 2. The number of furan rings is 1. The zero-order chi connectivity index (χ0) is 17.7. The Kier molecular flexibility index (Phi) is 5.70. The zero-order valence-corrected chi connectivity index (χ0v) is 13.4. The van der Waals surface area contributed by atoms with Crippen LogP contribution in [-0.2, 0) is 4.79 Å². The van der Waals surface area contributed by atoms with Gasteiger partial charge in [0.2, 0.25) is 5.91 Å². The molecule has 2 aromatic rings. The summed E-state index contributed by atoms with van der Waals surface area (Å²) in [5, 5.41) is 14.9. The number of hydrogen-bond donors (Lipinski definition) is 3. The van der Waals surface area contributed by atoms with Crippen molar-refractivity contribution in [2.45, 2.75) is 20.0 Å². The third kappa shape index (κ3) is 4.66. The standard InChI is InChI=1S/C17H19FN2O4/c1-10-7-14(11(2)24-10)17(23)20-9-16(22)19-8-15(21)12-3-5-13(18)6-4-12/h3-7,15,21H,8-9H2,1-2H3,(H,19,22)(H,20,23). The Hall–Kier alpha value is -2.67.